The summed E-state index contributed by atoms with van der Waals surface area (Å²) in [5, 5.41) is 11.0. The number of aromatic amines is 1. The van der Waals surface area contributed by atoms with Gasteiger partial charge in [0.2, 0.25) is 5.82 Å². The van der Waals surface area contributed by atoms with Gasteiger partial charge in [-0.3, -0.25) is 14.9 Å². The number of hydrogen-bond donors (Lipinski definition) is 2. The van der Waals surface area contributed by atoms with E-state index in [4.69, 9.17) is 10.7 Å². The average Bonchev–Trinajstić information content (AvgIpc) is 3.72. The number of carbonyl (C=O) groups is 1. The van der Waals surface area contributed by atoms with Crippen LogP contribution in [0.25, 0.3) is 28.0 Å². The van der Waals surface area contributed by atoms with Gasteiger partial charge in [-0.15, -0.1) is 0 Å². The summed E-state index contributed by atoms with van der Waals surface area (Å²) in [5.74, 6) is -0.536. The number of rotatable bonds is 5. The number of halogens is 2. The lowest BCUT2D eigenvalue weighted by Gasteiger charge is -2.38. The summed E-state index contributed by atoms with van der Waals surface area (Å²) in [6.45, 7) is 2.05. The average molecular weight is 556 g/mol. The molecule has 0 spiro atoms. The first-order valence-corrected chi connectivity index (χ1v) is 13.7. The first-order chi connectivity index (χ1) is 19.9. The standard InChI is InChI=1S/C29H27F2N9O/c1-2-19-25(16-10-17-7-8-18(11-16)39(17)29(41)27-34-14-35-38-27)37-28-20(13-36-40(28)26(19)32)15-6-9-23(33-12-15)24-21(30)4-3-5-22(24)31/h3-6,9,12-14,16-18H,2,7-8,10-11,32H2,1H3,(H,34,35,38)/t16?,17-,18+. The Hall–Kier alpha value is -4.74. The maximum Gasteiger partial charge on any atom is 0.291 e. The molecule has 3 atom stereocenters. The van der Waals surface area contributed by atoms with Crippen LogP contribution < -0.4 is 5.73 Å². The van der Waals surface area contributed by atoms with Gasteiger partial charge in [0.25, 0.3) is 5.91 Å². The van der Waals surface area contributed by atoms with Gasteiger partial charge in [0, 0.05) is 40.9 Å². The molecule has 2 bridgehead atoms. The molecular weight excluding hydrogens is 528 g/mol. The van der Waals surface area contributed by atoms with Crippen molar-refractivity contribution in [1.29, 1.82) is 0 Å². The SMILES string of the molecule is CCc1c(C2C[C@H]3CC[C@@H](C2)N3C(=O)c2ncn[nH]2)nc2c(-c3ccc(-c4c(F)cccc4F)nc3)cnn2c1N. The van der Waals surface area contributed by atoms with Crippen molar-refractivity contribution in [3.8, 4) is 22.4 Å². The maximum absolute atomic E-state index is 14.3. The van der Waals surface area contributed by atoms with Crippen molar-refractivity contribution in [2.45, 2.75) is 57.0 Å². The molecule has 12 heteroatoms. The van der Waals surface area contributed by atoms with Crippen LogP contribution in [0.2, 0.25) is 0 Å². The fourth-order valence-electron chi connectivity index (χ4n) is 6.58. The minimum absolute atomic E-state index is 0.0835. The van der Waals surface area contributed by atoms with Gasteiger partial charge in [0.05, 0.1) is 23.1 Å². The molecule has 1 unspecified atom stereocenters. The van der Waals surface area contributed by atoms with E-state index in [1.165, 1.54) is 24.5 Å². The van der Waals surface area contributed by atoms with E-state index in [-0.39, 0.29) is 41.0 Å². The number of carbonyl (C=O) groups excluding carboxylic acids is 1. The van der Waals surface area contributed by atoms with Crippen molar-refractivity contribution in [2.75, 3.05) is 5.73 Å². The summed E-state index contributed by atoms with van der Waals surface area (Å²) in [6.07, 6.45) is 8.71. The van der Waals surface area contributed by atoms with Gasteiger partial charge in [-0.05, 0) is 50.3 Å². The van der Waals surface area contributed by atoms with Crippen molar-refractivity contribution in [3.63, 3.8) is 0 Å². The summed E-state index contributed by atoms with van der Waals surface area (Å²) in [6, 6.07) is 7.25. The second kappa shape index (κ2) is 9.72. The number of amides is 1. The third-order valence-electron chi connectivity index (χ3n) is 8.44. The molecule has 2 fully saturated rings. The Morgan fingerprint density at radius 3 is 2.46 bits per heavy atom. The molecule has 0 aliphatic carbocycles. The van der Waals surface area contributed by atoms with Crippen LogP contribution in [0.15, 0.2) is 49.1 Å². The molecule has 10 nitrogen and oxygen atoms in total. The number of nitrogen functional groups attached to an aromatic ring is 1. The minimum Gasteiger partial charge on any atom is -0.383 e. The summed E-state index contributed by atoms with van der Waals surface area (Å²) in [7, 11) is 0. The summed E-state index contributed by atoms with van der Waals surface area (Å²) in [4.78, 5) is 28.6. The fraction of sp³-hybridized carbons (Fsp3) is 0.310. The van der Waals surface area contributed by atoms with E-state index in [2.05, 4.69) is 32.2 Å². The maximum atomic E-state index is 14.3. The largest absolute Gasteiger partial charge is 0.383 e. The van der Waals surface area contributed by atoms with Crippen LogP contribution in [-0.4, -0.2) is 57.7 Å². The predicted molar refractivity (Wildman–Crippen MR) is 147 cm³/mol. The topological polar surface area (TPSA) is 131 Å². The first-order valence-electron chi connectivity index (χ1n) is 13.7. The van der Waals surface area contributed by atoms with E-state index in [0.29, 0.717) is 23.4 Å². The Morgan fingerprint density at radius 2 is 1.83 bits per heavy atom. The van der Waals surface area contributed by atoms with Crippen LogP contribution in [0.5, 0.6) is 0 Å². The van der Waals surface area contributed by atoms with Crippen LogP contribution in [0, 0.1) is 11.6 Å². The molecule has 208 valence electrons. The molecule has 1 aromatic carbocycles. The number of nitrogens with zero attached hydrogens (tertiary/aromatic N) is 7. The Bertz CT molecular complexity index is 1730. The lowest BCUT2D eigenvalue weighted by molar-refractivity contribution is 0.0557. The number of nitrogens with two attached hydrogens (primary N) is 1. The van der Waals surface area contributed by atoms with E-state index < -0.39 is 11.6 Å². The summed E-state index contributed by atoms with van der Waals surface area (Å²) < 4.78 is 30.3. The first kappa shape index (κ1) is 25.2. The van der Waals surface area contributed by atoms with Crippen LogP contribution in [0.4, 0.5) is 14.6 Å². The highest BCUT2D eigenvalue weighted by Crippen LogP contribution is 2.45. The molecule has 3 N–H and O–H groups in total. The molecule has 6 heterocycles. The smallest absolute Gasteiger partial charge is 0.291 e. The molecule has 1 amide bonds. The molecule has 4 aromatic heterocycles. The third-order valence-corrected chi connectivity index (χ3v) is 8.44. The molecule has 5 aromatic rings. The fourth-order valence-corrected chi connectivity index (χ4v) is 6.58. The second-order valence-electron chi connectivity index (χ2n) is 10.6. The molecule has 7 rings (SSSR count). The van der Waals surface area contributed by atoms with E-state index in [1.807, 2.05) is 4.90 Å². The van der Waals surface area contributed by atoms with Gasteiger partial charge >= 0.3 is 0 Å². The number of benzene rings is 1. The quantitative estimate of drug-likeness (QED) is 0.325. The van der Waals surface area contributed by atoms with Gasteiger partial charge in [0.15, 0.2) is 5.65 Å². The van der Waals surface area contributed by atoms with Crippen molar-refractivity contribution in [1.82, 2.24) is 39.7 Å². The van der Waals surface area contributed by atoms with Gasteiger partial charge in [0.1, 0.15) is 23.8 Å². The van der Waals surface area contributed by atoms with E-state index in [0.717, 1.165) is 42.5 Å². The molecule has 0 radical (unpaired) electrons. The number of piperidine rings is 1. The van der Waals surface area contributed by atoms with Crippen LogP contribution >= 0.6 is 0 Å². The predicted octanol–water partition coefficient (Wildman–Crippen LogP) is 4.55. The van der Waals surface area contributed by atoms with Gasteiger partial charge in [-0.2, -0.15) is 14.7 Å². The second-order valence-corrected chi connectivity index (χ2v) is 10.6. The Labute approximate surface area is 233 Å². The van der Waals surface area contributed by atoms with Crippen LogP contribution in [0.3, 0.4) is 0 Å². The Kier molecular flexibility index (Phi) is 5.98. The van der Waals surface area contributed by atoms with Crippen molar-refractivity contribution < 1.29 is 13.6 Å². The van der Waals surface area contributed by atoms with Gasteiger partial charge in [-0.1, -0.05) is 19.1 Å². The zero-order chi connectivity index (χ0) is 28.2. The Balaban J connectivity index is 1.24. The molecule has 2 aliphatic rings. The number of aromatic nitrogens is 7. The highest BCUT2D eigenvalue weighted by Gasteiger charge is 2.45. The van der Waals surface area contributed by atoms with Gasteiger partial charge < -0.3 is 10.6 Å². The molecule has 41 heavy (non-hydrogen) atoms. The number of pyridine rings is 1. The monoisotopic (exact) mass is 555 g/mol. The number of anilines is 1. The van der Waals surface area contributed by atoms with Crippen molar-refractivity contribution >= 4 is 17.4 Å². The summed E-state index contributed by atoms with van der Waals surface area (Å²) in [5.41, 5.74) is 10.6. The highest BCUT2D eigenvalue weighted by atomic mass is 19.1. The third kappa shape index (κ3) is 4.04. The normalized spacial score (nSPS) is 20.2. The van der Waals surface area contributed by atoms with Crippen LogP contribution in [0.1, 0.15) is 60.4 Å². The highest BCUT2D eigenvalue weighted by molar-refractivity contribution is 5.91. The zero-order valence-electron chi connectivity index (χ0n) is 22.3. The van der Waals surface area contributed by atoms with E-state index in [1.54, 1.807) is 29.0 Å². The molecule has 2 saturated heterocycles. The van der Waals surface area contributed by atoms with Crippen LogP contribution in [-0.2, 0) is 6.42 Å². The van der Waals surface area contributed by atoms with E-state index >= 15 is 0 Å². The molecular formula is C29H27F2N9O. The van der Waals surface area contributed by atoms with E-state index in [9.17, 15) is 13.6 Å². The van der Waals surface area contributed by atoms with Gasteiger partial charge in [-0.25, -0.2) is 18.7 Å². The number of fused-ring (bicyclic) bond motifs is 3. The van der Waals surface area contributed by atoms with Crippen molar-refractivity contribution in [2.24, 2.45) is 0 Å². The minimum atomic E-state index is -0.671. The number of nitrogens with one attached hydrogen (secondary N) is 1. The number of H-pyrrole nitrogens is 1. The molecule has 0 saturated carbocycles. The van der Waals surface area contributed by atoms with Crippen molar-refractivity contribution in [3.05, 3.63) is 77.8 Å². The molecule has 2 aliphatic heterocycles. The zero-order valence-corrected chi connectivity index (χ0v) is 22.3. The summed E-state index contributed by atoms with van der Waals surface area (Å²) >= 11 is 0. The Morgan fingerprint density at radius 1 is 1.07 bits per heavy atom. The lowest BCUT2D eigenvalue weighted by atomic mass is 9.85. The lowest BCUT2D eigenvalue weighted by Crippen LogP contribution is -2.46. The number of hydrogen-bond acceptors (Lipinski definition) is 7.